The minimum absolute atomic E-state index is 0.00906. The molecule has 6 nitrogen and oxygen atoms in total. The summed E-state index contributed by atoms with van der Waals surface area (Å²) in [7, 11) is 0. The van der Waals surface area contributed by atoms with Gasteiger partial charge in [-0.15, -0.1) is 0 Å². The summed E-state index contributed by atoms with van der Waals surface area (Å²) in [4.78, 5) is 35.1. The Bertz CT molecular complexity index is 647. The molecule has 1 aromatic rings. The van der Waals surface area contributed by atoms with Crippen molar-refractivity contribution in [1.82, 2.24) is 0 Å². The van der Waals surface area contributed by atoms with E-state index in [1.165, 1.54) is 0 Å². The third-order valence-corrected chi connectivity index (χ3v) is 4.49. The summed E-state index contributed by atoms with van der Waals surface area (Å²) in [5.41, 5.74) is -0.496. The van der Waals surface area contributed by atoms with E-state index in [0.717, 1.165) is 0 Å². The van der Waals surface area contributed by atoms with E-state index in [1.807, 2.05) is 0 Å². The van der Waals surface area contributed by atoms with Crippen molar-refractivity contribution in [3.05, 3.63) is 35.4 Å². The van der Waals surface area contributed by atoms with Crippen LogP contribution in [0.25, 0.3) is 0 Å². The van der Waals surface area contributed by atoms with Crippen molar-refractivity contribution in [1.29, 1.82) is 5.41 Å². The van der Waals surface area contributed by atoms with Gasteiger partial charge in [-0.3, -0.25) is 19.8 Å². The van der Waals surface area contributed by atoms with Gasteiger partial charge in [-0.25, -0.2) is 0 Å². The van der Waals surface area contributed by atoms with Crippen LogP contribution in [0.1, 0.15) is 37.8 Å². The zero-order valence-electron chi connectivity index (χ0n) is 12.3. The Morgan fingerprint density at radius 2 is 1.32 bits per heavy atom. The summed E-state index contributed by atoms with van der Waals surface area (Å²) in [6.45, 7) is 3.39. The highest BCUT2D eigenvalue weighted by Crippen LogP contribution is 2.38. The van der Waals surface area contributed by atoms with E-state index >= 15 is 0 Å². The van der Waals surface area contributed by atoms with E-state index in [4.69, 9.17) is 10.1 Å². The number of cyclic esters (lactones) is 3. The number of nitrogens with one attached hydrogen (secondary N) is 1. The Kier molecular flexibility index (Phi) is 2.95. The first kappa shape index (κ1) is 14.4. The molecule has 2 heterocycles. The van der Waals surface area contributed by atoms with E-state index in [0.29, 0.717) is 11.1 Å². The van der Waals surface area contributed by atoms with Gasteiger partial charge in [0.2, 0.25) is 0 Å². The number of carbonyl (C=O) groups excluding carboxylic acids is 3. The molecule has 1 aromatic carbocycles. The van der Waals surface area contributed by atoms with Crippen LogP contribution in [0.4, 0.5) is 0 Å². The summed E-state index contributed by atoms with van der Waals surface area (Å²) in [6, 6.07) is 6.90. The first-order valence-electron chi connectivity index (χ1n) is 6.91. The average Bonchev–Trinajstić information content (AvgIpc) is 2.87. The van der Waals surface area contributed by atoms with E-state index in [9.17, 15) is 14.4 Å². The fourth-order valence-corrected chi connectivity index (χ4v) is 2.91. The van der Waals surface area contributed by atoms with Crippen LogP contribution in [0, 0.1) is 5.41 Å². The molecule has 2 atom stereocenters. The van der Waals surface area contributed by atoms with Crippen LogP contribution in [0.5, 0.6) is 0 Å². The van der Waals surface area contributed by atoms with Gasteiger partial charge in [-0.1, -0.05) is 24.3 Å². The van der Waals surface area contributed by atoms with Crippen molar-refractivity contribution in [3.8, 4) is 0 Å². The highest BCUT2D eigenvalue weighted by atomic mass is 16.6. The van der Waals surface area contributed by atoms with Gasteiger partial charge in [-0.05, 0) is 25.0 Å². The Morgan fingerprint density at radius 1 is 0.864 bits per heavy atom. The maximum atomic E-state index is 11.9. The topological polar surface area (TPSA) is 93.5 Å². The maximum Gasteiger partial charge on any atom is 0.324 e. The van der Waals surface area contributed by atoms with Gasteiger partial charge in [0.1, 0.15) is 5.41 Å². The van der Waals surface area contributed by atoms with Crippen molar-refractivity contribution < 1.29 is 23.9 Å². The number of rotatable bonds is 2. The van der Waals surface area contributed by atoms with Crippen molar-refractivity contribution >= 4 is 23.8 Å². The second-order valence-corrected chi connectivity index (χ2v) is 6.17. The normalized spacial score (nSPS) is 31.4. The monoisotopic (exact) mass is 301 g/mol. The van der Waals surface area contributed by atoms with E-state index in [1.54, 1.807) is 38.1 Å². The number of benzene rings is 1. The highest BCUT2D eigenvalue weighted by molar-refractivity contribution is 6.02. The molecular weight excluding hydrogens is 286 g/mol. The molecule has 0 radical (unpaired) electrons. The lowest BCUT2D eigenvalue weighted by Crippen LogP contribution is -2.29. The minimum Gasteiger partial charge on any atom is -0.411 e. The summed E-state index contributed by atoms with van der Waals surface area (Å²) >= 11 is 0. The lowest BCUT2D eigenvalue weighted by Gasteiger charge is -2.22. The molecule has 0 aromatic heterocycles. The fourth-order valence-electron chi connectivity index (χ4n) is 2.91. The molecule has 114 valence electrons. The molecule has 2 aliphatic heterocycles. The Hall–Kier alpha value is -2.50. The van der Waals surface area contributed by atoms with E-state index < -0.39 is 28.7 Å². The predicted molar refractivity (Wildman–Crippen MR) is 75.3 cm³/mol. The lowest BCUT2D eigenvalue weighted by molar-refractivity contribution is -0.153. The van der Waals surface area contributed by atoms with Crippen LogP contribution in [0.2, 0.25) is 0 Å². The number of ether oxygens (including phenoxy) is 2. The molecule has 0 bridgehead atoms. The number of esters is 3. The largest absolute Gasteiger partial charge is 0.411 e. The van der Waals surface area contributed by atoms with Gasteiger partial charge in [0.15, 0.2) is 5.90 Å². The van der Waals surface area contributed by atoms with Gasteiger partial charge in [-0.2, -0.15) is 0 Å². The van der Waals surface area contributed by atoms with Crippen LogP contribution in [-0.4, -0.2) is 23.8 Å². The molecule has 1 N–H and O–H groups in total. The maximum absolute atomic E-state index is 11.9. The molecule has 3 rings (SSSR count). The Morgan fingerprint density at radius 3 is 1.68 bits per heavy atom. The van der Waals surface area contributed by atoms with Crippen molar-refractivity contribution in [3.63, 3.8) is 0 Å². The SMILES string of the molecule is CC1(c2ccc(C3(C)CC(=O)OC3=O)cc2)CC(=N)OC1=O. The van der Waals surface area contributed by atoms with E-state index in [-0.39, 0.29) is 18.7 Å². The first-order chi connectivity index (χ1) is 10.3. The lowest BCUT2D eigenvalue weighted by atomic mass is 9.77. The molecular formula is C16H15NO5. The molecule has 2 fully saturated rings. The molecule has 6 heteroatoms. The molecule has 2 unspecified atom stereocenters. The standard InChI is InChI=1S/C16H15NO5/c1-15(7-11(17)21-13(15)19)9-3-5-10(6-4-9)16(2)8-12(18)22-14(16)20/h3-6,17H,7-8H2,1-2H3. The Labute approximate surface area is 126 Å². The van der Waals surface area contributed by atoms with Crippen LogP contribution < -0.4 is 0 Å². The number of hydrogen-bond donors (Lipinski definition) is 1. The zero-order valence-corrected chi connectivity index (χ0v) is 12.3. The highest BCUT2D eigenvalue weighted by Gasteiger charge is 2.48. The third-order valence-electron chi connectivity index (χ3n) is 4.49. The van der Waals surface area contributed by atoms with Gasteiger partial charge >= 0.3 is 17.9 Å². The predicted octanol–water partition coefficient (Wildman–Crippen LogP) is 1.60. The number of hydrogen-bond acceptors (Lipinski definition) is 6. The smallest absolute Gasteiger partial charge is 0.324 e. The van der Waals surface area contributed by atoms with Gasteiger partial charge in [0.25, 0.3) is 0 Å². The quantitative estimate of drug-likeness (QED) is 0.661. The van der Waals surface area contributed by atoms with Crippen molar-refractivity contribution in [2.45, 2.75) is 37.5 Å². The molecule has 0 spiro atoms. The molecule has 0 aliphatic carbocycles. The van der Waals surface area contributed by atoms with Crippen molar-refractivity contribution in [2.75, 3.05) is 0 Å². The first-order valence-corrected chi connectivity index (χ1v) is 6.91. The zero-order chi connectivity index (χ0) is 16.1. The summed E-state index contributed by atoms with van der Waals surface area (Å²) in [5, 5.41) is 7.50. The second kappa shape index (κ2) is 4.50. The molecule has 0 amide bonds. The fraction of sp³-hybridized carbons (Fsp3) is 0.375. The number of carbonyl (C=O) groups is 3. The minimum atomic E-state index is -0.987. The van der Waals surface area contributed by atoms with Gasteiger partial charge < -0.3 is 9.47 Å². The summed E-state index contributed by atoms with van der Waals surface area (Å²) in [6.07, 6.45) is 0.220. The van der Waals surface area contributed by atoms with Crippen LogP contribution in [0.3, 0.4) is 0 Å². The third kappa shape index (κ3) is 1.94. The van der Waals surface area contributed by atoms with Crippen LogP contribution in [0.15, 0.2) is 24.3 Å². The molecule has 22 heavy (non-hydrogen) atoms. The summed E-state index contributed by atoms with van der Waals surface area (Å²) in [5.74, 6) is -1.59. The van der Waals surface area contributed by atoms with Gasteiger partial charge in [0, 0.05) is 6.42 Å². The van der Waals surface area contributed by atoms with Gasteiger partial charge in [0.05, 0.1) is 11.8 Å². The van der Waals surface area contributed by atoms with E-state index in [2.05, 4.69) is 4.74 Å². The summed E-state index contributed by atoms with van der Waals surface area (Å²) < 4.78 is 9.47. The molecule has 2 aliphatic rings. The average molecular weight is 301 g/mol. The van der Waals surface area contributed by atoms with Crippen LogP contribution in [-0.2, 0) is 34.7 Å². The molecule has 2 saturated heterocycles. The second-order valence-electron chi connectivity index (χ2n) is 6.17. The molecule has 0 saturated carbocycles. The van der Waals surface area contributed by atoms with Crippen molar-refractivity contribution in [2.24, 2.45) is 0 Å². The Balaban J connectivity index is 1.94. The van der Waals surface area contributed by atoms with Crippen LogP contribution >= 0.6 is 0 Å².